The van der Waals surface area contributed by atoms with Gasteiger partial charge in [-0.2, -0.15) is 0 Å². The molecule has 0 radical (unpaired) electrons. The molecule has 6 nitrogen and oxygen atoms in total. The van der Waals surface area contributed by atoms with Crippen LogP contribution in [0.3, 0.4) is 0 Å². The number of hydrogen-bond donors (Lipinski definition) is 1. The van der Waals surface area contributed by atoms with E-state index in [-0.39, 0.29) is 11.9 Å². The zero-order valence-corrected chi connectivity index (χ0v) is 15.4. The lowest BCUT2D eigenvalue weighted by Gasteiger charge is -2.41. The summed E-state index contributed by atoms with van der Waals surface area (Å²) in [6.07, 6.45) is 7.13. The first-order chi connectivity index (χ1) is 13.0. The Bertz CT molecular complexity index is 1040. The summed E-state index contributed by atoms with van der Waals surface area (Å²) in [6, 6.07) is 10.4. The maximum absolute atomic E-state index is 13.0. The number of nitrogens with zero attached hydrogens (tertiary/aromatic N) is 4. The molecule has 1 saturated carbocycles. The van der Waals surface area contributed by atoms with Crippen LogP contribution in [0.2, 0.25) is 0 Å². The molecule has 5 rings (SSSR count). The van der Waals surface area contributed by atoms with Crippen molar-refractivity contribution < 1.29 is 4.79 Å². The van der Waals surface area contributed by atoms with Crippen LogP contribution in [0.4, 0.5) is 11.6 Å². The minimum absolute atomic E-state index is 0.149. The van der Waals surface area contributed by atoms with Crippen molar-refractivity contribution in [3.63, 3.8) is 0 Å². The van der Waals surface area contributed by atoms with Crippen LogP contribution in [0.1, 0.15) is 32.3 Å². The molecule has 0 atom stereocenters. The Morgan fingerprint density at radius 1 is 1.15 bits per heavy atom. The van der Waals surface area contributed by atoms with Crippen molar-refractivity contribution in [2.75, 3.05) is 10.2 Å². The number of carbonyl (C=O) groups is 1. The lowest BCUT2D eigenvalue weighted by atomic mass is 9.84. The lowest BCUT2D eigenvalue weighted by molar-refractivity contribution is -0.122. The molecular formula is C21H21N5O. The molecule has 1 amide bonds. The minimum Gasteiger partial charge on any atom is -0.367 e. The molecule has 0 spiro atoms. The van der Waals surface area contributed by atoms with Gasteiger partial charge in [0, 0.05) is 41.6 Å². The number of nitrogens with one attached hydrogen (secondary N) is 1. The summed E-state index contributed by atoms with van der Waals surface area (Å²) in [6.45, 7) is 3.97. The molecule has 0 aromatic carbocycles. The van der Waals surface area contributed by atoms with Gasteiger partial charge < -0.3 is 5.32 Å². The topological polar surface area (TPSA) is 71.0 Å². The highest BCUT2D eigenvalue weighted by molar-refractivity contribution is 6.07. The molecule has 6 heteroatoms. The first-order valence-corrected chi connectivity index (χ1v) is 9.30. The van der Waals surface area contributed by atoms with E-state index in [4.69, 9.17) is 0 Å². The van der Waals surface area contributed by atoms with Gasteiger partial charge in [-0.15, -0.1) is 0 Å². The standard InChI is InChI=1S/C21H21N5O/c1-21(2)16-4-3-8-23-19(16)26(20(21)27)15-10-14(11-15)24-18-6-5-13-12-22-9-7-17(13)25-18/h3-9,12,14-15H,10-11H2,1-2H3,(H,24,25)/t14-,15-. The summed E-state index contributed by atoms with van der Waals surface area (Å²) in [5.41, 5.74) is 1.45. The first-order valence-electron chi connectivity index (χ1n) is 9.30. The second kappa shape index (κ2) is 5.74. The first kappa shape index (κ1) is 16.2. The second-order valence-corrected chi connectivity index (χ2v) is 7.91. The van der Waals surface area contributed by atoms with Crippen LogP contribution in [-0.2, 0) is 10.2 Å². The fraction of sp³-hybridized carbons (Fsp3) is 0.333. The molecule has 3 aromatic rings. The lowest BCUT2D eigenvalue weighted by Crippen LogP contribution is -2.53. The van der Waals surface area contributed by atoms with Crippen molar-refractivity contribution >= 4 is 28.4 Å². The Hall–Kier alpha value is -3.02. The van der Waals surface area contributed by atoms with Crippen molar-refractivity contribution in [3.05, 3.63) is 54.5 Å². The van der Waals surface area contributed by atoms with Crippen LogP contribution in [0.15, 0.2) is 48.9 Å². The summed E-state index contributed by atoms with van der Waals surface area (Å²) in [4.78, 5) is 28.2. The van der Waals surface area contributed by atoms with E-state index in [1.807, 2.05) is 55.3 Å². The Morgan fingerprint density at radius 2 is 2.00 bits per heavy atom. The Kier molecular flexibility index (Phi) is 3.44. The van der Waals surface area contributed by atoms with Crippen LogP contribution in [0.25, 0.3) is 10.9 Å². The third kappa shape index (κ3) is 2.47. The van der Waals surface area contributed by atoms with Crippen LogP contribution < -0.4 is 10.2 Å². The van der Waals surface area contributed by atoms with Crippen LogP contribution in [0, 0.1) is 0 Å². The van der Waals surface area contributed by atoms with E-state index in [0.29, 0.717) is 6.04 Å². The Balaban J connectivity index is 1.31. The highest BCUT2D eigenvalue weighted by atomic mass is 16.2. The predicted octanol–water partition coefficient (Wildman–Crippen LogP) is 3.29. The number of hydrogen-bond acceptors (Lipinski definition) is 5. The fourth-order valence-electron chi connectivity index (χ4n) is 4.10. The maximum Gasteiger partial charge on any atom is 0.238 e. The molecule has 1 aliphatic heterocycles. The number of pyridine rings is 3. The molecule has 3 aromatic heterocycles. The smallest absolute Gasteiger partial charge is 0.238 e. The van der Waals surface area contributed by atoms with Crippen LogP contribution in [-0.4, -0.2) is 32.9 Å². The van der Waals surface area contributed by atoms with Crippen LogP contribution in [0.5, 0.6) is 0 Å². The van der Waals surface area contributed by atoms with Gasteiger partial charge in [0.15, 0.2) is 0 Å². The normalized spacial score (nSPS) is 23.2. The number of anilines is 2. The largest absolute Gasteiger partial charge is 0.367 e. The van der Waals surface area contributed by atoms with Gasteiger partial charge in [-0.05, 0) is 51.0 Å². The summed E-state index contributed by atoms with van der Waals surface area (Å²) in [5.74, 6) is 1.84. The van der Waals surface area contributed by atoms with E-state index in [9.17, 15) is 4.79 Å². The molecule has 1 fully saturated rings. The maximum atomic E-state index is 13.0. The predicted molar refractivity (Wildman–Crippen MR) is 105 cm³/mol. The highest BCUT2D eigenvalue weighted by Crippen LogP contribution is 2.44. The third-order valence-corrected chi connectivity index (χ3v) is 5.76. The van der Waals surface area contributed by atoms with Crippen molar-refractivity contribution in [2.24, 2.45) is 0 Å². The molecule has 136 valence electrons. The molecule has 27 heavy (non-hydrogen) atoms. The Morgan fingerprint density at radius 3 is 2.85 bits per heavy atom. The molecule has 1 N–H and O–H groups in total. The van der Waals surface area contributed by atoms with Gasteiger partial charge in [0.2, 0.25) is 5.91 Å². The van der Waals surface area contributed by atoms with E-state index in [1.54, 1.807) is 12.4 Å². The quantitative estimate of drug-likeness (QED) is 0.777. The van der Waals surface area contributed by atoms with Gasteiger partial charge in [-0.3, -0.25) is 14.7 Å². The second-order valence-electron chi connectivity index (χ2n) is 7.91. The average Bonchev–Trinajstić information content (AvgIpc) is 2.85. The molecule has 0 saturated heterocycles. The molecule has 0 unspecified atom stereocenters. The monoisotopic (exact) mass is 359 g/mol. The van der Waals surface area contributed by atoms with Crippen molar-refractivity contribution in [1.29, 1.82) is 0 Å². The van der Waals surface area contributed by atoms with E-state index >= 15 is 0 Å². The zero-order valence-electron chi connectivity index (χ0n) is 15.4. The third-order valence-electron chi connectivity index (χ3n) is 5.76. The summed E-state index contributed by atoms with van der Waals surface area (Å²) in [7, 11) is 0. The van der Waals surface area contributed by atoms with E-state index < -0.39 is 5.41 Å². The van der Waals surface area contributed by atoms with Crippen molar-refractivity contribution in [3.8, 4) is 0 Å². The summed E-state index contributed by atoms with van der Waals surface area (Å²) < 4.78 is 0. The number of carbonyl (C=O) groups excluding carboxylic acids is 1. The van der Waals surface area contributed by atoms with Gasteiger partial charge in [0.25, 0.3) is 0 Å². The van der Waals surface area contributed by atoms with Crippen molar-refractivity contribution in [1.82, 2.24) is 15.0 Å². The zero-order chi connectivity index (χ0) is 18.6. The molecule has 1 aliphatic carbocycles. The van der Waals surface area contributed by atoms with Gasteiger partial charge in [-0.1, -0.05) is 6.07 Å². The average molecular weight is 359 g/mol. The van der Waals surface area contributed by atoms with Gasteiger partial charge in [0.05, 0.1) is 10.9 Å². The molecule has 4 heterocycles. The van der Waals surface area contributed by atoms with Gasteiger partial charge in [-0.25, -0.2) is 9.97 Å². The van der Waals surface area contributed by atoms with Gasteiger partial charge >= 0.3 is 0 Å². The van der Waals surface area contributed by atoms with Gasteiger partial charge in [0.1, 0.15) is 11.6 Å². The molecular weight excluding hydrogens is 338 g/mol. The van der Waals surface area contributed by atoms with Crippen LogP contribution >= 0.6 is 0 Å². The fourth-order valence-corrected chi connectivity index (χ4v) is 4.10. The number of aromatic nitrogens is 3. The molecule has 2 aliphatic rings. The number of rotatable bonds is 3. The highest BCUT2D eigenvalue weighted by Gasteiger charge is 2.50. The SMILES string of the molecule is CC1(C)C(=O)N([C@H]2C[C@H](Nc3ccc4cnccc4n3)C2)c2ncccc21. The number of amides is 1. The molecule has 0 bridgehead atoms. The minimum atomic E-state index is -0.504. The van der Waals surface area contributed by atoms with Crippen molar-refractivity contribution in [2.45, 2.75) is 44.2 Å². The van der Waals surface area contributed by atoms with E-state index in [1.165, 1.54) is 0 Å². The summed E-state index contributed by atoms with van der Waals surface area (Å²) >= 11 is 0. The van der Waals surface area contributed by atoms with E-state index in [0.717, 1.165) is 40.9 Å². The summed E-state index contributed by atoms with van der Waals surface area (Å²) in [5, 5.41) is 4.52. The van der Waals surface area contributed by atoms with E-state index in [2.05, 4.69) is 20.3 Å². The Labute approximate surface area is 157 Å². The number of fused-ring (bicyclic) bond motifs is 2.